The monoisotopic (exact) mass is 255 g/mol. The molecule has 17 heavy (non-hydrogen) atoms. The van der Waals surface area contributed by atoms with E-state index in [0.717, 1.165) is 5.69 Å². The minimum Gasteiger partial charge on any atom is -0.385 e. The number of rotatable bonds is 6. The molecule has 1 N–H and O–H groups in total. The number of aryl methyl sites for hydroxylation is 2. The highest BCUT2D eigenvalue weighted by Crippen LogP contribution is 2.13. The zero-order valence-electron chi connectivity index (χ0n) is 10.8. The van der Waals surface area contributed by atoms with Crippen molar-refractivity contribution in [3.8, 4) is 0 Å². The lowest BCUT2D eigenvalue weighted by Crippen LogP contribution is -2.13. The standard InChI is InChI=1S/C13H21NO2S/c1-4-17(15,16)7-5-6-14-13-9-11(2)8-12(3)10-13/h8-10,14H,4-7H2,1-3H3. The fourth-order valence-corrected chi connectivity index (χ4v) is 2.62. The normalized spacial score (nSPS) is 11.5. The van der Waals surface area contributed by atoms with Gasteiger partial charge >= 0.3 is 0 Å². The number of hydrogen-bond acceptors (Lipinski definition) is 3. The van der Waals surface area contributed by atoms with Crippen LogP contribution in [0.15, 0.2) is 18.2 Å². The summed E-state index contributed by atoms with van der Waals surface area (Å²) in [5.41, 5.74) is 3.50. The van der Waals surface area contributed by atoms with Crippen molar-refractivity contribution in [2.24, 2.45) is 0 Å². The van der Waals surface area contributed by atoms with Gasteiger partial charge in [-0.3, -0.25) is 0 Å². The van der Waals surface area contributed by atoms with Crippen molar-refractivity contribution in [3.05, 3.63) is 29.3 Å². The molecule has 96 valence electrons. The predicted octanol–water partition coefficient (Wildman–Crippen LogP) is 2.54. The maximum Gasteiger partial charge on any atom is 0.150 e. The van der Waals surface area contributed by atoms with Crippen molar-refractivity contribution >= 4 is 15.5 Å². The van der Waals surface area contributed by atoms with Gasteiger partial charge in [0.2, 0.25) is 0 Å². The second-order valence-corrected chi connectivity index (χ2v) is 6.87. The fraction of sp³-hybridized carbons (Fsp3) is 0.538. The van der Waals surface area contributed by atoms with Gasteiger partial charge in [0.15, 0.2) is 0 Å². The lowest BCUT2D eigenvalue weighted by Gasteiger charge is -2.08. The molecule has 0 aliphatic carbocycles. The van der Waals surface area contributed by atoms with E-state index in [4.69, 9.17) is 0 Å². The van der Waals surface area contributed by atoms with Crippen molar-refractivity contribution in [2.75, 3.05) is 23.4 Å². The topological polar surface area (TPSA) is 46.2 Å². The van der Waals surface area contributed by atoms with E-state index in [1.807, 2.05) is 0 Å². The summed E-state index contributed by atoms with van der Waals surface area (Å²) in [5, 5.41) is 3.26. The highest BCUT2D eigenvalue weighted by Gasteiger charge is 2.06. The second-order valence-electron chi connectivity index (χ2n) is 4.39. The summed E-state index contributed by atoms with van der Waals surface area (Å²) in [6.45, 7) is 6.49. The van der Waals surface area contributed by atoms with E-state index in [9.17, 15) is 8.42 Å². The van der Waals surface area contributed by atoms with Crippen LogP contribution >= 0.6 is 0 Å². The molecule has 1 aromatic carbocycles. The van der Waals surface area contributed by atoms with Crippen molar-refractivity contribution in [1.29, 1.82) is 0 Å². The summed E-state index contributed by atoms with van der Waals surface area (Å²) in [6, 6.07) is 6.26. The maximum absolute atomic E-state index is 11.3. The van der Waals surface area contributed by atoms with E-state index in [2.05, 4.69) is 37.4 Å². The smallest absolute Gasteiger partial charge is 0.150 e. The molecule has 0 saturated heterocycles. The van der Waals surface area contributed by atoms with Crippen LogP contribution in [0.5, 0.6) is 0 Å². The Kier molecular flexibility index (Phi) is 5.00. The van der Waals surface area contributed by atoms with Gasteiger partial charge in [0, 0.05) is 18.0 Å². The van der Waals surface area contributed by atoms with Crippen molar-refractivity contribution < 1.29 is 8.42 Å². The molecule has 0 bridgehead atoms. The average molecular weight is 255 g/mol. The molecule has 0 atom stereocenters. The Balaban J connectivity index is 2.41. The molecule has 1 aromatic rings. The Morgan fingerprint density at radius 2 is 1.71 bits per heavy atom. The van der Waals surface area contributed by atoms with Gasteiger partial charge in [-0.1, -0.05) is 13.0 Å². The van der Waals surface area contributed by atoms with E-state index in [1.165, 1.54) is 11.1 Å². The van der Waals surface area contributed by atoms with Crippen LogP contribution in [0.25, 0.3) is 0 Å². The van der Waals surface area contributed by atoms with Gasteiger partial charge in [0.25, 0.3) is 0 Å². The number of hydrogen-bond donors (Lipinski definition) is 1. The molecule has 0 aromatic heterocycles. The van der Waals surface area contributed by atoms with Gasteiger partial charge in [-0.25, -0.2) is 8.42 Å². The second kappa shape index (κ2) is 6.05. The molecule has 0 spiro atoms. The number of sulfone groups is 1. The third-order valence-corrected chi connectivity index (χ3v) is 4.41. The zero-order valence-corrected chi connectivity index (χ0v) is 11.6. The molecule has 1 rings (SSSR count). The van der Waals surface area contributed by atoms with Crippen LogP contribution in [0.3, 0.4) is 0 Å². The Labute approximate surface area is 104 Å². The fourth-order valence-electron chi connectivity index (χ4n) is 1.75. The van der Waals surface area contributed by atoms with E-state index < -0.39 is 9.84 Å². The average Bonchev–Trinajstić information content (AvgIpc) is 2.23. The van der Waals surface area contributed by atoms with E-state index in [-0.39, 0.29) is 11.5 Å². The van der Waals surface area contributed by atoms with Gasteiger partial charge in [-0.15, -0.1) is 0 Å². The van der Waals surface area contributed by atoms with Crippen LogP contribution in [0.2, 0.25) is 0 Å². The first-order chi connectivity index (χ1) is 7.93. The van der Waals surface area contributed by atoms with E-state index >= 15 is 0 Å². The van der Waals surface area contributed by atoms with Crippen LogP contribution in [-0.4, -0.2) is 26.5 Å². The lowest BCUT2D eigenvalue weighted by molar-refractivity contribution is 0.595. The summed E-state index contributed by atoms with van der Waals surface area (Å²) < 4.78 is 22.6. The number of benzene rings is 1. The van der Waals surface area contributed by atoms with Crippen LogP contribution < -0.4 is 5.32 Å². The molecule has 0 heterocycles. The van der Waals surface area contributed by atoms with Gasteiger partial charge in [-0.05, 0) is 43.5 Å². The summed E-state index contributed by atoms with van der Waals surface area (Å²) in [5.74, 6) is 0.498. The highest BCUT2D eigenvalue weighted by molar-refractivity contribution is 7.91. The number of anilines is 1. The summed E-state index contributed by atoms with van der Waals surface area (Å²) >= 11 is 0. The Hall–Kier alpha value is -1.03. The zero-order chi connectivity index (χ0) is 12.9. The van der Waals surface area contributed by atoms with E-state index in [1.54, 1.807) is 6.92 Å². The molecule has 3 nitrogen and oxygen atoms in total. The van der Waals surface area contributed by atoms with E-state index in [0.29, 0.717) is 13.0 Å². The first-order valence-electron chi connectivity index (χ1n) is 5.95. The predicted molar refractivity (Wildman–Crippen MR) is 73.4 cm³/mol. The molecule has 0 aliphatic heterocycles. The minimum atomic E-state index is -2.83. The van der Waals surface area contributed by atoms with Crippen LogP contribution in [0.1, 0.15) is 24.5 Å². The van der Waals surface area contributed by atoms with Crippen LogP contribution in [0, 0.1) is 13.8 Å². The molecule has 0 saturated carbocycles. The molecule has 0 radical (unpaired) electrons. The van der Waals surface area contributed by atoms with Gasteiger partial charge in [0.1, 0.15) is 9.84 Å². The molecular weight excluding hydrogens is 234 g/mol. The molecule has 0 fully saturated rings. The van der Waals surface area contributed by atoms with Crippen LogP contribution in [-0.2, 0) is 9.84 Å². The minimum absolute atomic E-state index is 0.233. The quantitative estimate of drug-likeness (QED) is 0.795. The highest BCUT2D eigenvalue weighted by atomic mass is 32.2. The molecular formula is C13H21NO2S. The molecule has 0 unspecified atom stereocenters. The molecule has 0 aliphatic rings. The molecule has 4 heteroatoms. The summed E-state index contributed by atoms with van der Waals surface area (Å²) in [7, 11) is -2.83. The van der Waals surface area contributed by atoms with Gasteiger partial charge < -0.3 is 5.32 Å². The van der Waals surface area contributed by atoms with Gasteiger partial charge in [-0.2, -0.15) is 0 Å². The Morgan fingerprint density at radius 3 is 2.24 bits per heavy atom. The number of nitrogens with one attached hydrogen (secondary N) is 1. The largest absolute Gasteiger partial charge is 0.385 e. The third-order valence-electron chi connectivity index (χ3n) is 2.62. The van der Waals surface area contributed by atoms with Crippen LogP contribution in [0.4, 0.5) is 5.69 Å². The Morgan fingerprint density at radius 1 is 1.12 bits per heavy atom. The Bertz CT molecular complexity index is 446. The SMILES string of the molecule is CCS(=O)(=O)CCCNc1cc(C)cc(C)c1. The first kappa shape index (κ1) is 14.0. The van der Waals surface area contributed by atoms with Crippen molar-refractivity contribution in [2.45, 2.75) is 27.2 Å². The summed E-state index contributed by atoms with van der Waals surface area (Å²) in [4.78, 5) is 0. The maximum atomic E-state index is 11.3. The van der Waals surface area contributed by atoms with Crippen molar-refractivity contribution in [3.63, 3.8) is 0 Å². The summed E-state index contributed by atoms with van der Waals surface area (Å²) in [6.07, 6.45) is 0.656. The van der Waals surface area contributed by atoms with Gasteiger partial charge in [0.05, 0.1) is 5.75 Å². The first-order valence-corrected chi connectivity index (χ1v) is 7.77. The lowest BCUT2D eigenvalue weighted by atomic mass is 10.1. The molecule has 0 amide bonds. The van der Waals surface area contributed by atoms with Crippen molar-refractivity contribution in [1.82, 2.24) is 0 Å². The third kappa shape index (κ3) is 5.22.